The van der Waals surface area contributed by atoms with Crippen molar-refractivity contribution in [2.75, 3.05) is 0 Å². The van der Waals surface area contributed by atoms with Gasteiger partial charge in [-0.2, -0.15) is 0 Å². The van der Waals surface area contributed by atoms with E-state index >= 15 is 0 Å². The van der Waals surface area contributed by atoms with E-state index in [1.54, 1.807) is 6.92 Å². The predicted octanol–water partition coefficient (Wildman–Crippen LogP) is 4.06. The van der Waals surface area contributed by atoms with Gasteiger partial charge in [-0.25, -0.2) is 9.18 Å². The second-order valence-corrected chi connectivity index (χ2v) is 5.77. The van der Waals surface area contributed by atoms with Crippen LogP contribution in [0.3, 0.4) is 0 Å². The van der Waals surface area contributed by atoms with Crippen molar-refractivity contribution in [3.63, 3.8) is 0 Å². The van der Waals surface area contributed by atoms with E-state index in [-0.39, 0.29) is 10.6 Å². The van der Waals surface area contributed by atoms with Crippen LogP contribution in [0.1, 0.15) is 32.7 Å². The second kappa shape index (κ2) is 5.54. The van der Waals surface area contributed by atoms with E-state index in [0.717, 1.165) is 16.7 Å². The molecule has 3 nitrogen and oxygen atoms in total. The predicted molar refractivity (Wildman–Crippen MR) is 82.7 cm³/mol. The fourth-order valence-electron chi connectivity index (χ4n) is 2.77. The molecule has 5 heteroatoms. The Morgan fingerprint density at radius 2 is 2.23 bits per heavy atom. The van der Waals surface area contributed by atoms with Crippen LogP contribution in [0, 0.1) is 12.7 Å². The van der Waals surface area contributed by atoms with Crippen LogP contribution >= 0.6 is 11.6 Å². The number of halogens is 2. The van der Waals surface area contributed by atoms with Crippen molar-refractivity contribution in [3.8, 4) is 0 Å². The molecule has 0 bridgehead atoms. The number of carbonyl (C=O) groups is 1. The summed E-state index contributed by atoms with van der Waals surface area (Å²) in [4.78, 5) is 15.4. The van der Waals surface area contributed by atoms with Gasteiger partial charge in [0.1, 0.15) is 5.82 Å². The van der Waals surface area contributed by atoms with E-state index in [1.807, 2.05) is 12.1 Å². The maximum absolute atomic E-state index is 13.7. The Hall–Kier alpha value is -2.20. The van der Waals surface area contributed by atoms with E-state index in [2.05, 4.69) is 4.98 Å². The zero-order chi connectivity index (χ0) is 15.9. The van der Waals surface area contributed by atoms with Crippen LogP contribution in [0.5, 0.6) is 0 Å². The van der Waals surface area contributed by atoms with Crippen LogP contribution in [0.4, 0.5) is 4.39 Å². The topological polar surface area (TPSA) is 50.2 Å². The highest BCUT2D eigenvalue weighted by molar-refractivity contribution is 6.31. The summed E-state index contributed by atoms with van der Waals surface area (Å²) >= 11 is 5.83. The Bertz CT molecular complexity index is 791. The third-order valence-electron chi connectivity index (χ3n) is 3.77. The first-order valence-electron chi connectivity index (χ1n) is 6.81. The lowest BCUT2D eigenvalue weighted by atomic mass is 10.00. The monoisotopic (exact) mass is 317 g/mol. The van der Waals surface area contributed by atoms with Gasteiger partial charge in [0.2, 0.25) is 0 Å². The first-order valence-corrected chi connectivity index (χ1v) is 7.18. The summed E-state index contributed by atoms with van der Waals surface area (Å²) < 4.78 is 13.7. The number of nitrogens with zero attached hydrogens (tertiary/aromatic N) is 1. The van der Waals surface area contributed by atoms with Gasteiger partial charge in [0.05, 0.1) is 16.3 Å². The van der Waals surface area contributed by atoms with Crippen LogP contribution in [-0.2, 0) is 12.8 Å². The number of aryl methyl sites for hydroxylation is 1. The van der Waals surface area contributed by atoms with Gasteiger partial charge in [0.15, 0.2) is 0 Å². The minimum atomic E-state index is -0.957. The number of rotatable bonds is 3. The molecule has 0 spiro atoms. The molecule has 0 fully saturated rings. The molecule has 1 aromatic carbocycles. The maximum atomic E-state index is 13.7. The van der Waals surface area contributed by atoms with Crippen LogP contribution in [-0.4, -0.2) is 16.1 Å². The Labute approximate surface area is 132 Å². The summed E-state index contributed by atoms with van der Waals surface area (Å²) in [7, 11) is 0. The molecule has 3 rings (SSSR count). The summed E-state index contributed by atoms with van der Waals surface area (Å²) in [5, 5.41) is 9.35. The maximum Gasteiger partial charge on any atom is 0.336 e. The number of aromatic carboxylic acids is 1. The molecule has 1 heterocycles. The van der Waals surface area contributed by atoms with Crippen molar-refractivity contribution in [1.82, 2.24) is 4.98 Å². The molecule has 1 aromatic heterocycles. The van der Waals surface area contributed by atoms with Gasteiger partial charge in [-0.3, -0.25) is 4.98 Å². The first-order chi connectivity index (χ1) is 10.5. The fourth-order valence-corrected chi connectivity index (χ4v) is 2.88. The molecule has 22 heavy (non-hydrogen) atoms. The van der Waals surface area contributed by atoms with Gasteiger partial charge in [-0.15, -0.1) is 0 Å². The minimum Gasteiger partial charge on any atom is -0.478 e. The zero-order valence-electron chi connectivity index (χ0n) is 11.9. The number of hydrogen-bond donors (Lipinski definition) is 1. The van der Waals surface area contributed by atoms with Gasteiger partial charge in [-0.1, -0.05) is 23.2 Å². The van der Waals surface area contributed by atoms with E-state index < -0.39 is 11.8 Å². The van der Waals surface area contributed by atoms with Crippen LogP contribution in [0.15, 0.2) is 30.0 Å². The molecule has 0 saturated heterocycles. The number of benzene rings is 1. The normalized spacial score (nSPS) is 13.0. The third kappa shape index (κ3) is 2.62. The number of carboxylic acid groups (broad SMARTS) is 1. The Morgan fingerprint density at radius 3 is 2.91 bits per heavy atom. The summed E-state index contributed by atoms with van der Waals surface area (Å²) in [5.74, 6) is -1.39. The SMILES string of the molecule is Cc1cc(CC2=Cc3nccc(C(=O)O)c3C2)cc(F)c1Cl. The average molecular weight is 318 g/mol. The van der Waals surface area contributed by atoms with Crippen molar-refractivity contribution in [1.29, 1.82) is 0 Å². The largest absolute Gasteiger partial charge is 0.478 e. The molecule has 1 N–H and O–H groups in total. The first kappa shape index (κ1) is 14.7. The number of pyridine rings is 1. The number of fused-ring (bicyclic) bond motifs is 1. The summed E-state index contributed by atoms with van der Waals surface area (Å²) in [6, 6.07) is 4.77. The lowest BCUT2D eigenvalue weighted by Gasteiger charge is -2.07. The highest BCUT2D eigenvalue weighted by Gasteiger charge is 2.21. The Kier molecular flexibility index (Phi) is 3.71. The van der Waals surface area contributed by atoms with Crippen molar-refractivity contribution in [2.45, 2.75) is 19.8 Å². The quantitative estimate of drug-likeness (QED) is 0.928. The lowest BCUT2D eigenvalue weighted by Crippen LogP contribution is -2.04. The lowest BCUT2D eigenvalue weighted by molar-refractivity contribution is 0.0695. The van der Waals surface area contributed by atoms with E-state index in [9.17, 15) is 14.3 Å². The second-order valence-electron chi connectivity index (χ2n) is 5.39. The fraction of sp³-hybridized carbons (Fsp3) is 0.176. The molecule has 1 aliphatic rings. The third-order valence-corrected chi connectivity index (χ3v) is 4.24. The average Bonchev–Trinajstić information content (AvgIpc) is 2.86. The Morgan fingerprint density at radius 1 is 1.45 bits per heavy atom. The van der Waals surface area contributed by atoms with Gasteiger partial charge in [0.25, 0.3) is 0 Å². The molecule has 0 unspecified atom stereocenters. The van der Waals surface area contributed by atoms with Crippen molar-refractivity contribution in [3.05, 3.63) is 68.8 Å². The molecule has 2 aromatic rings. The number of aromatic nitrogens is 1. The van der Waals surface area contributed by atoms with Crippen molar-refractivity contribution >= 4 is 23.6 Å². The van der Waals surface area contributed by atoms with Gasteiger partial charge < -0.3 is 5.11 Å². The van der Waals surface area contributed by atoms with Crippen LogP contribution in [0.2, 0.25) is 5.02 Å². The van der Waals surface area contributed by atoms with Crippen molar-refractivity contribution < 1.29 is 14.3 Å². The van der Waals surface area contributed by atoms with Crippen LogP contribution in [0.25, 0.3) is 6.08 Å². The minimum absolute atomic E-state index is 0.141. The highest BCUT2D eigenvalue weighted by atomic mass is 35.5. The smallest absolute Gasteiger partial charge is 0.336 e. The van der Waals surface area contributed by atoms with E-state index in [1.165, 1.54) is 18.3 Å². The van der Waals surface area contributed by atoms with E-state index in [0.29, 0.717) is 24.1 Å². The molecule has 0 amide bonds. The van der Waals surface area contributed by atoms with Gasteiger partial charge in [0, 0.05) is 6.20 Å². The zero-order valence-corrected chi connectivity index (χ0v) is 12.6. The number of carboxylic acids is 1. The summed E-state index contributed by atoms with van der Waals surface area (Å²) in [5.41, 5.74) is 4.19. The molecule has 112 valence electrons. The highest BCUT2D eigenvalue weighted by Crippen LogP contribution is 2.30. The Balaban J connectivity index is 1.88. The standard InChI is InChI=1S/C17H13ClFNO2/c1-9-4-10(7-14(19)16(9)18)5-11-6-13-12(17(21)22)2-3-20-15(13)8-11/h2-4,7-8H,5-6H2,1H3,(H,21,22). The van der Waals surface area contributed by atoms with Gasteiger partial charge >= 0.3 is 5.97 Å². The molecule has 0 atom stereocenters. The van der Waals surface area contributed by atoms with Crippen LogP contribution < -0.4 is 0 Å². The van der Waals surface area contributed by atoms with E-state index in [4.69, 9.17) is 11.6 Å². The number of hydrogen-bond acceptors (Lipinski definition) is 2. The molecular weight excluding hydrogens is 305 g/mol. The molecule has 0 aliphatic heterocycles. The summed E-state index contributed by atoms with van der Waals surface area (Å²) in [6.45, 7) is 1.76. The molecule has 0 radical (unpaired) electrons. The summed E-state index contributed by atoms with van der Waals surface area (Å²) in [6.07, 6.45) is 4.44. The molecular formula is C17H13ClFNO2. The number of allylic oxidation sites excluding steroid dienone is 1. The molecule has 0 saturated carbocycles. The van der Waals surface area contributed by atoms with Gasteiger partial charge in [-0.05, 0) is 54.7 Å². The van der Waals surface area contributed by atoms with Crippen molar-refractivity contribution in [2.24, 2.45) is 0 Å². The molecule has 1 aliphatic carbocycles.